The number of carbonyl (C=O) groups excluding carboxylic acids is 1. The average Bonchev–Trinajstić information content (AvgIpc) is 2.93. The molecule has 0 radical (unpaired) electrons. The third kappa shape index (κ3) is 3.64. The van der Waals surface area contributed by atoms with Gasteiger partial charge in [0.2, 0.25) is 5.76 Å². The summed E-state index contributed by atoms with van der Waals surface area (Å²) >= 11 is 0. The van der Waals surface area contributed by atoms with Crippen molar-refractivity contribution in [3.8, 4) is 0 Å². The van der Waals surface area contributed by atoms with Crippen LogP contribution in [0.15, 0.2) is 16.5 Å². The number of esters is 1. The minimum atomic E-state index is -0.482. The van der Waals surface area contributed by atoms with E-state index in [1.54, 1.807) is 12.1 Å². The van der Waals surface area contributed by atoms with Crippen molar-refractivity contribution in [2.75, 3.05) is 26.8 Å². The zero-order valence-electron chi connectivity index (χ0n) is 13.0. The van der Waals surface area contributed by atoms with Crippen molar-refractivity contribution in [3.63, 3.8) is 0 Å². The molecule has 0 saturated carbocycles. The van der Waals surface area contributed by atoms with Crippen LogP contribution < -0.4 is 0 Å². The van der Waals surface area contributed by atoms with E-state index in [1.165, 1.54) is 7.11 Å². The Balaban J connectivity index is 2.13. The van der Waals surface area contributed by atoms with E-state index in [4.69, 9.17) is 9.15 Å². The molecule has 0 aliphatic carbocycles. The van der Waals surface area contributed by atoms with Crippen LogP contribution in [0.4, 0.5) is 0 Å². The van der Waals surface area contributed by atoms with E-state index in [0.717, 1.165) is 6.54 Å². The van der Waals surface area contributed by atoms with Crippen LogP contribution in [0.5, 0.6) is 0 Å². The topological polar surface area (TPSA) is 72.1 Å². The summed E-state index contributed by atoms with van der Waals surface area (Å²) in [6, 6.07) is 3.39. The van der Waals surface area contributed by atoms with Crippen molar-refractivity contribution < 1.29 is 23.8 Å². The van der Waals surface area contributed by atoms with Crippen LogP contribution in [-0.2, 0) is 9.47 Å². The number of aliphatic hydroxyl groups excluding tert-OH is 1. The Morgan fingerprint density at radius 3 is 2.90 bits per heavy atom. The van der Waals surface area contributed by atoms with Crippen molar-refractivity contribution in [1.82, 2.24) is 4.90 Å². The van der Waals surface area contributed by atoms with E-state index < -0.39 is 5.97 Å². The number of carbonyl (C=O) groups is 1. The first-order valence-electron chi connectivity index (χ1n) is 7.07. The lowest BCUT2D eigenvalue weighted by Crippen LogP contribution is -2.54. The maximum Gasteiger partial charge on any atom is 0.373 e. The minimum absolute atomic E-state index is 0.0133. The molecule has 1 aromatic heterocycles. The van der Waals surface area contributed by atoms with Gasteiger partial charge < -0.3 is 19.0 Å². The van der Waals surface area contributed by atoms with Gasteiger partial charge in [-0.2, -0.15) is 0 Å². The van der Waals surface area contributed by atoms with Crippen molar-refractivity contribution in [3.05, 3.63) is 23.7 Å². The fourth-order valence-electron chi connectivity index (χ4n) is 2.70. The van der Waals surface area contributed by atoms with Gasteiger partial charge in [-0.25, -0.2) is 4.79 Å². The fourth-order valence-corrected chi connectivity index (χ4v) is 2.70. The summed E-state index contributed by atoms with van der Waals surface area (Å²) in [6.07, 6.45) is -0.216. The quantitative estimate of drug-likeness (QED) is 0.851. The molecule has 1 N–H and O–H groups in total. The maximum absolute atomic E-state index is 11.4. The Morgan fingerprint density at radius 1 is 1.57 bits per heavy atom. The normalized spacial score (nSPS) is 23.8. The van der Waals surface area contributed by atoms with Gasteiger partial charge in [0, 0.05) is 13.1 Å². The predicted molar refractivity (Wildman–Crippen MR) is 76.1 cm³/mol. The van der Waals surface area contributed by atoms with Gasteiger partial charge >= 0.3 is 5.97 Å². The Labute approximate surface area is 124 Å². The van der Waals surface area contributed by atoms with E-state index in [0.29, 0.717) is 12.3 Å². The second-order valence-corrected chi connectivity index (χ2v) is 5.98. The van der Waals surface area contributed by atoms with Gasteiger partial charge in [-0.15, -0.1) is 0 Å². The van der Waals surface area contributed by atoms with E-state index in [1.807, 2.05) is 20.8 Å². The van der Waals surface area contributed by atoms with E-state index in [9.17, 15) is 9.90 Å². The number of hydrogen-bond donors (Lipinski definition) is 1. The van der Waals surface area contributed by atoms with Gasteiger partial charge in [0.1, 0.15) is 5.76 Å². The lowest BCUT2D eigenvalue weighted by molar-refractivity contribution is -0.157. The molecule has 1 aromatic rings. The molecule has 6 heteroatoms. The van der Waals surface area contributed by atoms with Crippen LogP contribution in [0.25, 0.3) is 0 Å². The summed E-state index contributed by atoms with van der Waals surface area (Å²) in [6.45, 7) is 7.33. The molecule has 0 spiro atoms. The monoisotopic (exact) mass is 297 g/mol. The van der Waals surface area contributed by atoms with Crippen molar-refractivity contribution in [2.45, 2.75) is 38.5 Å². The molecule has 1 aliphatic rings. The molecule has 2 atom stereocenters. The van der Waals surface area contributed by atoms with E-state index >= 15 is 0 Å². The zero-order valence-corrected chi connectivity index (χ0v) is 13.0. The lowest BCUT2D eigenvalue weighted by atomic mass is 10.0. The van der Waals surface area contributed by atoms with Crippen LogP contribution in [0, 0.1) is 0 Å². The van der Waals surface area contributed by atoms with Crippen molar-refractivity contribution >= 4 is 5.97 Å². The Hall–Kier alpha value is -1.37. The second kappa shape index (κ2) is 6.17. The highest BCUT2D eigenvalue weighted by atomic mass is 16.5. The summed E-state index contributed by atoms with van der Waals surface area (Å²) in [4.78, 5) is 13.6. The molecule has 2 unspecified atom stereocenters. The molecule has 1 fully saturated rings. The molecule has 21 heavy (non-hydrogen) atoms. The van der Waals surface area contributed by atoms with Gasteiger partial charge in [-0.1, -0.05) is 0 Å². The van der Waals surface area contributed by atoms with Gasteiger partial charge in [-0.3, -0.25) is 4.90 Å². The molecule has 2 heterocycles. The molecule has 6 nitrogen and oxygen atoms in total. The van der Waals surface area contributed by atoms with Crippen LogP contribution in [-0.4, -0.2) is 54.5 Å². The standard InChI is InChI=1S/C15H23NO5/c1-10(12-5-6-13(20-12)14(18)19-4)16-7-11(8-17)21-15(2,3)9-16/h5-6,10-11,17H,7-9H2,1-4H3. The molecule has 1 aliphatic heterocycles. The fraction of sp³-hybridized carbons (Fsp3) is 0.667. The number of ether oxygens (including phenoxy) is 2. The number of aliphatic hydroxyl groups is 1. The van der Waals surface area contributed by atoms with Crippen molar-refractivity contribution in [1.29, 1.82) is 0 Å². The SMILES string of the molecule is COC(=O)c1ccc(C(C)N2CC(CO)OC(C)(C)C2)o1. The van der Waals surface area contributed by atoms with Crippen LogP contribution >= 0.6 is 0 Å². The zero-order chi connectivity index (χ0) is 15.6. The number of morpholine rings is 1. The highest BCUT2D eigenvalue weighted by molar-refractivity contribution is 5.86. The van der Waals surface area contributed by atoms with Crippen molar-refractivity contribution in [2.24, 2.45) is 0 Å². The Morgan fingerprint density at radius 2 is 2.29 bits per heavy atom. The average molecular weight is 297 g/mol. The minimum Gasteiger partial charge on any atom is -0.463 e. The van der Waals surface area contributed by atoms with Gasteiger partial charge in [-0.05, 0) is 32.9 Å². The Bertz CT molecular complexity index is 496. The Kier molecular flexibility index (Phi) is 4.70. The number of hydrogen-bond acceptors (Lipinski definition) is 6. The maximum atomic E-state index is 11.4. The van der Waals surface area contributed by atoms with E-state index in [2.05, 4.69) is 9.64 Å². The number of nitrogens with zero attached hydrogens (tertiary/aromatic N) is 1. The first-order chi connectivity index (χ1) is 9.86. The summed E-state index contributed by atoms with van der Waals surface area (Å²) in [5.41, 5.74) is -0.336. The van der Waals surface area contributed by atoms with Crippen LogP contribution in [0.1, 0.15) is 43.1 Å². The molecule has 0 amide bonds. The molecular formula is C15H23NO5. The summed E-state index contributed by atoms with van der Waals surface area (Å²) in [7, 11) is 1.32. The molecular weight excluding hydrogens is 274 g/mol. The second-order valence-electron chi connectivity index (χ2n) is 5.98. The van der Waals surface area contributed by atoms with Crippen LogP contribution in [0.2, 0.25) is 0 Å². The lowest BCUT2D eigenvalue weighted by Gasteiger charge is -2.44. The number of rotatable bonds is 4. The third-order valence-electron chi connectivity index (χ3n) is 3.68. The molecule has 1 saturated heterocycles. The largest absolute Gasteiger partial charge is 0.463 e. The van der Waals surface area contributed by atoms with Crippen LogP contribution in [0.3, 0.4) is 0 Å². The first kappa shape index (κ1) is 16.0. The summed E-state index contributed by atoms with van der Waals surface area (Å²) in [5.74, 6) is 0.416. The molecule has 118 valence electrons. The molecule has 2 rings (SSSR count). The highest BCUT2D eigenvalue weighted by Crippen LogP contribution is 2.29. The van der Waals surface area contributed by atoms with Gasteiger partial charge in [0.25, 0.3) is 0 Å². The number of furan rings is 1. The smallest absolute Gasteiger partial charge is 0.373 e. The molecule has 0 bridgehead atoms. The molecule has 0 aromatic carbocycles. The van der Waals surface area contributed by atoms with Gasteiger partial charge in [0.15, 0.2) is 0 Å². The highest BCUT2D eigenvalue weighted by Gasteiger charge is 2.36. The van der Waals surface area contributed by atoms with Gasteiger partial charge in [0.05, 0.1) is 31.5 Å². The first-order valence-corrected chi connectivity index (χ1v) is 7.07. The summed E-state index contributed by atoms with van der Waals surface area (Å²) in [5, 5.41) is 9.37. The predicted octanol–water partition coefficient (Wildman–Crippen LogP) is 1.60. The summed E-state index contributed by atoms with van der Waals surface area (Å²) < 4.78 is 16.0. The van der Waals surface area contributed by atoms with E-state index in [-0.39, 0.29) is 30.1 Å². The number of methoxy groups -OCH3 is 1. The third-order valence-corrected chi connectivity index (χ3v) is 3.68.